The topological polar surface area (TPSA) is 0 Å². The van der Waals surface area contributed by atoms with Gasteiger partial charge in [-0.25, -0.2) is 0 Å². The average molecular weight is 110 g/mol. The zero-order valence-corrected chi connectivity index (χ0v) is 5.78. The van der Waals surface area contributed by atoms with E-state index in [1.54, 1.807) is 0 Å². The normalized spacial score (nSPS) is 12.2. The second-order valence-electron chi connectivity index (χ2n) is 2.14. The molecule has 0 heteroatoms. The zero-order chi connectivity index (χ0) is 6.41. The van der Waals surface area contributed by atoms with E-state index in [0.29, 0.717) is 5.92 Å². The Hall–Kier alpha value is -0.480. The highest BCUT2D eigenvalue weighted by molar-refractivity contribution is 4.80. The Bertz CT molecular complexity index is 86.2. The third-order valence-corrected chi connectivity index (χ3v) is 1.15. The summed E-state index contributed by atoms with van der Waals surface area (Å²) in [5.41, 5.74) is 2.78. The van der Waals surface area contributed by atoms with Gasteiger partial charge in [-0.3, -0.25) is 0 Å². The van der Waals surface area contributed by atoms with Gasteiger partial charge in [0.2, 0.25) is 0 Å². The second kappa shape index (κ2) is 4.67. The summed E-state index contributed by atoms with van der Waals surface area (Å²) < 4.78 is 0. The Labute approximate surface area is 51.9 Å². The fourth-order valence-corrected chi connectivity index (χ4v) is 0.740. The average Bonchev–Trinajstić information content (AvgIpc) is 1.68. The van der Waals surface area contributed by atoms with Crippen molar-refractivity contribution in [3.63, 3.8) is 0 Å². The molecule has 0 aromatic heterocycles. The van der Waals surface area contributed by atoms with Crippen molar-refractivity contribution in [1.82, 2.24) is 0 Å². The summed E-state index contributed by atoms with van der Waals surface area (Å²) in [7, 11) is 0. The number of hydrogen-bond donors (Lipinski definition) is 0. The number of allylic oxidation sites excluding steroid dienone is 1. The van der Waals surface area contributed by atoms with Crippen LogP contribution in [0.25, 0.3) is 0 Å². The van der Waals surface area contributed by atoms with Crippen molar-refractivity contribution in [3.05, 3.63) is 18.4 Å². The first-order valence-corrected chi connectivity index (χ1v) is 3.17. The molecule has 0 saturated carbocycles. The first kappa shape index (κ1) is 7.52. The molecule has 1 unspecified atom stereocenters. The van der Waals surface area contributed by atoms with Crippen molar-refractivity contribution in [1.29, 1.82) is 0 Å². The minimum absolute atomic E-state index is 0.664. The molecule has 0 saturated heterocycles. The maximum absolute atomic E-state index is 3.50. The first-order chi connectivity index (χ1) is 3.81. The summed E-state index contributed by atoms with van der Waals surface area (Å²) >= 11 is 0. The van der Waals surface area contributed by atoms with E-state index in [1.807, 2.05) is 6.08 Å². The van der Waals surface area contributed by atoms with Crippen LogP contribution < -0.4 is 0 Å². The molecular formula is C8H14. The van der Waals surface area contributed by atoms with Crippen molar-refractivity contribution in [2.24, 2.45) is 5.92 Å². The summed E-state index contributed by atoms with van der Waals surface area (Å²) in [5.74, 6) is 0.664. The predicted molar refractivity (Wildman–Crippen MR) is 37.8 cm³/mol. The smallest absolute Gasteiger partial charge is 0.0186 e. The van der Waals surface area contributed by atoms with Crippen LogP contribution in [-0.2, 0) is 0 Å². The van der Waals surface area contributed by atoms with E-state index in [2.05, 4.69) is 26.2 Å². The maximum Gasteiger partial charge on any atom is -0.0186 e. The molecule has 46 valence electrons. The molecule has 0 fully saturated rings. The first-order valence-electron chi connectivity index (χ1n) is 3.17. The van der Waals surface area contributed by atoms with Crippen LogP contribution in [-0.4, -0.2) is 0 Å². The lowest BCUT2D eigenvalue weighted by molar-refractivity contribution is 0.635. The molecule has 0 amide bonds. The second-order valence-corrected chi connectivity index (χ2v) is 2.14. The molecule has 0 spiro atoms. The van der Waals surface area contributed by atoms with E-state index in [4.69, 9.17) is 0 Å². The van der Waals surface area contributed by atoms with Crippen LogP contribution >= 0.6 is 0 Å². The summed E-state index contributed by atoms with van der Waals surface area (Å²) in [5, 5.41) is 0. The van der Waals surface area contributed by atoms with Gasteiger partial charge < -0.3 is 0 Å². The molecule has 1 atom stereocenters. The molecule has 0 N–H and O–H groups in total. The van der Waals surface area contributed by atoms with E-state index in [0.717, 1.165) is 0 Å². The van der Waals surface area contributed by atoms with Crippen LogP contribution in [0.1, 0.15) is 26.7 Å². The van der Waals surface area contributed by atoms with Gasteiger partial charge >= 0.3 is 0 Å². The minimum Gasteiger partial charge on any atom is -0.133 e. The van der Waals surface area contributed by atoms with Gasteiger partial charge in [0.15, 0.2) is 0 Å². The van der Waals surface area contributed by atoms with Crippen LogP contribution in [0.2, 0.25) is 0 Å². The quantitative estimate of drug-likeness (QED) is 0.490. The van der Waals surface area contributed by atoms with E-state index in [1.165, 1.54) is 12.8 Å². The van der Waals surface area contributed by atoms with Gasteiger partial charge in [0.05, 0.1) is 0 Å². The Morgan fingerprint density at radius 3 is 2.75 bits per heavy atom. The van der Waals surface area contributed by atoms with Gasteiger partial charge in [-0.2, -0.15) is 0 Å². The van der Waals surface area contributed by atoms with Crippen LogP contribution in [0, 0.1) is 5.92 Å². The molecule has 0 bridgehead atoms. The Morgan fingerprint density at radius 1 is 1.75 bits per heavy atom. The largest absolute Gasteiger partial charge is 0.133 e. The highest BCUT2D eigenvalue weighted by Gasteiger charge is 1.90. The Balaban J connectivity index is 3.31. The van der Waals surface area contributed by atoms with Gasteiger partial charge in [-0.05, 0) is 18.4 Å². The molecule has 0 rings (SSSR count). The Morgan fingerprint density at radius 2 is 2.38 bits per heavy atom. The minimum atomic E-state index is 0.664. The molecule has 0 nitrogen and oxygen atoms in total. The lowest BCUT2D eigenvalue weighted by Gasteiger charge is -1.98. The highest BCUT2D eigenvalue weighted by Crippen LogP contribution is 2.04. The van der Waals surface area contributed by atoms with E-state index >= 15 is 0 Å². The predicted octanol–water partition coefficient (Wildman–Crippen LogP) is 2.76. The highest BCUT2D eigenvalue weighted by atomic mass is 14.0. The Kier molecular flexibility index (Phi) is 4.39. The van der Waals surface area contributed by atoms with Crippen LogP contribution in [0.4, 0.5) is 0 Å². The van der Waals surface area contributed by atoms with Gasteiger partial charge in [0.1, 0.15) is 0 Å². The van der Waals surface area contributed by atoms with Crippen molar-refractivity contribution in [2.45, 2.75) is 26.7 Å². The van der Waals surface area contributed by atoms with Gasteiger partial charge in [-0.15, -0.1) is 5.73 Å². The monoisotopic (exact) mass is 110 g/mol. The molecule has 0 aliphatic heterocycles. The molecule has 0 aromatic carbocycles. The van der Waals surface area contributed by atoms with Gasteiger partial charge in [0.25, 0.3) is 0 Å². The summed E-state index contributed by atoms with van der Waals surface area (Å²) in [6, 6.07) is 0. The molecular weight excluding hydrogens is 96.1 g/mol. The van der Waals surface area contributed by atoms with Crippen molar-refractivity contribution < 1.29 is 0 Å². The molecule has 0 aliphatic rings. The van der Waals surface area contributed by atoms with Gasteiger partial charge in [0, 0.05) is 0 Å². The van der Waals surface area contributed by atoms with E-state index in [9.17, 15) is 0 Å². The standard InChI is InChI=1S/C8H14/c1-4-6-8(3)7-5-2/h6,8H,1,5,7H2,2-3H3. The van der Waals surface area contributed by atoms with Crippen molar-refractivity contribution in [2.75, 3.05) is 0 Å². The third-order valence-electron chi connectivity index (χ3n) is 1.15. The fraction of sp³-hybridized carbons (Fsp3) is 0.625. The fourth-order valence-electron chi connectivity index (χ4n) is 0.740. The molecule has 0 radical (unpaired) electrons. The lowest BCUT2D eigenvalue weighted by atomic mass is 10.1. The van der Waals surface area contributed by atoms with E-state index in [-0.39, 0.29) is 0 Å². The third kappa shape index (κ3) is 3.70. The van der Waals surface area contributed by atoms with Crippen LogP contribution in [0.5, 0.6) is 0 Å². The lowest BCUT2D eigenvalue weighted by Crippen LogP contribution is -1.84. The molecule has 0 heterocycles. The van der Waals surface area contributed by atoms with Crippen LogP contribution in [0.15, 0.2) is 18.4 Å². The molecule has 0 aromatic rings. The van der Waals surface area contributed by atoms with E-state index < -0.39 is 0 Å². The SMILES string of the molecule is C=C=CC(C)CCC. The number of hydrogen-bond acceptors (Lipinski definition) is 0. The zero-order valence-electron chi connectivity index (χ0n) is 5.78. The number of rotatable bonds is 3. The van der Waals surface area contributed by atoms with Crippen LogP contribution in [0.3, 0.4) is 0 Å². The molecule has 8 heavy (non-hydrogen) atoms. The van der Waals surface area contributed by atoms with Crippen molar-refractivity contribution >= 4 is 0 Å². The van der Waals surface area contributed by atoms with Crippen molar-refractivity contribution in [3.8, 4) is 0 Å². The summed E-state index contributed by atoms with van der Waals surface area (Å²) in [6.45, 7) is 7.87. The summed E-state index contributed by atoms with van der Waals surface area (Å²) in [6.07, 6.45) is 4.52. The molecule has 0 aliphatic carbocycles. The van der Waals surface area contributed by atoms with Gasteiger partial charge in [-0.1, -0.05) is 26.8 Å². The maximum atomic E-state index is 3.50. The summed E-state index contributed by atoms with van der Waals surface area (Å²) in [4.78, 5) is 0.